The number of nitrogens with one attached hydrogen (secondary N) is 1. The lowest BCUT2D eigenvalue weighted by Gasteiger charge is -2.37. The van der Waals surface area contributed by atoms with Crippen molar-refractivity contribution in [1.29, 1.82) is 0 Å². The first-order chi connectivity index (χ1) is 11.5. The molecule has 5 heteroatoms. The molecule has 0 radical (unpaired) electrons. The summed E-state index contributed by atoms with van der Waals surface area (Å²) in [6.45, 7) is 7.66. The van der Waals surface area contributed by atoms with Crippen LogP contribution in [0.15, 0.2) is 30.3 Å². The van der Waals surface area contributed by atoms with Crippen LogP contribution in [-0.2, 0) is 4.74 Å². The van der Waals surface area contributed by atoms with E-state index >= 15 is 0 Å². The highest BCUT2D eigenvalue weighted by Gasteiger charge is 2.29. The smallest absolute Gasteiger partial charge is 0.318 e. The van der Waals surface area contributed by atoms with Crippen LogP contribution in [0.25, 0.3) is 0 Å². The van der Waals surface area contributed by atoms with E-state index in [9.17, 15) is 9.90 Å². The molecule has 0 aliphatic carbocycles. The molecule has 2 amide bonds. The summed E-state index contributed by atoms with van der Waals surface area (Å²) in [4.78, 5) is 14.6. The molecular weight excluding hydrogens is 304 g/mol. The van der Waals surface area contributed by atoms with E-state index in [1.807, 2.05) is 23.1 Å². The van der Waals surface area contributed by atoms with Gasteiger partial charge in [-0.15, -0.1) is 0 Å². The number of carbonyl (C=O) groups is 1. The standard InChI is InChI=1S/C19H30N2O3/c1-14(2)11-18(16-7-5-4-6-8-16)20-19(23)21-9-10-24-13-17(21)12-15(3)22/h4-8,14-15,17-18,22H,9-13H2,1-3H3,(H,20,23)/t15-,17-,18+/m1/s1. The number of morpholine rings is 1. The molecule has 2 N–H and O–H groups in total. The highest BCUT2D eigenvalue weighted by molar-refractivity contribution is 5.75. The molecule has 1 saturated heterocycles. The number of aliphatic hydroxyl groups excluding tert-OH is 1. The lowest BCUT2D eigenvalue weighted by Crippen LogP contribution is -2.53. The lowest BCUT2D eigenvalue weighted by molar-refractivity contribution is -0.00494. The Kier molecular flexibility index (Phi) is 7.06. The summed E-state index contributed by atoms with van der Waals surface area (Å²) >= 11 is 0. The fourth-order valence-electron chi connectivity index (χ4n) is 3.18. The molecule has 0 aromatic heterocycles. The number of amides is 2. The van der Waals surface area contributed by atoms with E-state index in [0.717, 1.165) is 12.0 Å². The van der Waals surface area contributed by atoms with Crippen LogP contribution in [0.2, 0.25) is 0 Å². The minimum absolute atomic E-state index is 0.00579. The van der Waals surface area contributed by atoms with Crippen molar-refractivity contribution in [2.45, 2.75) is 51.8 Å². The topological polar surface area (TPSA) is 61.8 Å². The maximum absolute atomic E-state index is 12.8. The van der Waals surface area contributed by atoms with Crippen LogP contribution in [0.1, 0.15) is 45.2 Å². The third-order valence-corrected chi connectivity index (χ3v) is 4.31. The first-order valence-electron chi connectivity index (χ1n) is 8.85. The zero-order valence-electron chi connectivity index (χ0n) is 14.9. The first-order valence-corrected chi connectivity index (χ1v) is 8.85. The van der Waals surface area contributed by atoms with Gasteiger partial charge in [-0.3, -0.25) is 0 Å². The molecule has 0 unspecified atom stereocenters. The molecule has 1 aliphatic rings. The van der Waals surface area contributed by atoms with Crippen LogP contribution in [0.5, 0.6) is 0 Å². The average molecular weight is 334 g/mol. The van der Waals surface area contributed by atoms with Crippen LogP contribution in [0, 0.1) is 5.92 Å². The van der Waals surface area contributed by atoms with E-state index in [0.29, 0.717) is 32.1 Å². The first kappa shape index (κ1) is 18.7. The average Bonchev–Trinajstić information content (AvgIpc) is 2.54. The van der Waals surface area contributed by atoms with Gasteiger partial charge in [-0.25, -0.2) is 4.79 Å². The van der Waals surface area contributed by atoms with Gasteiger partial charge in [0, 0.05) is 6.54 Å². The zero-order valence-corrected chi connectivity index (χ0v) is 14.9. The summed E-state index contributed by atoms with van der Waals surface area (Å²) in [5.74, 6) is 0.480. The Bertz CT molecular complexity index is 505. The normalized spacial score (nSPS) is 20.7. The third-order valence-electron chi connectivity index (χ3n) is 4.31. The van der Waals surface area contributed by atoms with E-state index in [1.54, 1.807) is 6.92 Å². The van der Waals surface area contributed by atoms with Crippen molar-refractivity contribution in [2.24, 2.45) is 5.92 Å². The van der Waals surface area contributed by atoms with Crippen molar-refractivity contribution in [2.75, 3.05) is 19.8 Å². The Labute approximate surface area is 145 Å². The molecular formula is C19H30N2O3. The number of hydrogen-bond acceptors (Lipinski definition) is 3. The second kappa shape index (κ2) is 9.04. The molecule has 5 nitrogen and oxygen atoms in total. The summed E-state index contributed by atoms with van der Waals surface area (Å²) < 4.78 is 5.48. The maximum atomic E-state index is 12.8. The Morgan fingerprint density at radius 1 is 1.33 bits per heavy atom. The molecule has 1 aliphatic heterocycles. The quantitative estimate of drug-likeness (QED) is 0.841. The summed E-state index contributed by atoms with van der Waals surface area (Å²) in [6, 6.07) is 9.94. The number of benzene rings is 1. The Morgan fingerprint density at radius 2 is 2.04 bits per heavy atom. The summed E-state index contributed by atoms with van der Waals surface area (Å²) in [6.07, 6.45) is 0.974. The van der Waals surface area contributed by atoms with Crippen LogP contribution >= 0.6 is 0 Å². The van der Waals surface area contributed by atoms with Crippen molar-refractivity contribution in [3.63, 3.8) is 0 Å². The van der Waals surface area contributed by atoms with E-state index in [1.165, 1.54) is 0 Å². The fraction of sp³-hybridized carbons (Fsp3) is 0.632. The second-order valence-corrected chi connectivity index (χ2v) is 7.05. The SMILES string of the molecule is CC(C)C[C@H](NC(=O)N1CCOC[C@H]1C[C@@H](C)O)c1ccccc1. The number of hydrogen-bond donors (Lipinski definition) is 2. The number of nitrogens with zero attached hydrogens (tertiary/aromatic N) is 1. The van der Waals surface area contributed by atoms with Gasteiger partial charge in [-0.05, 0) is 31.2 Å². The van der Waals surface area contributed by atoms with E-state index < -0.39 is 6.10 Å². The van der Waals surface area contributed by atoms with E-state index in [2.05, 4.69) is 31.3 Å². The van der Waals surface area contributed by atoms with Gasteiger partial charge in [0.25, 0.3) is 0 Å². The van der Waals surface area contributed by atoms with Crippen molar-refractivity contribution in [3.05, 3.63) is 35.9 Å². The molecule has 0 saturated carbocycles. The molecule has 1 aromatic carbocycles. The Hall–Kier alpha value is -1.59. The van der Waals surface area contributed by atoms with Gasteiger partial charge in [0.2, 0.25) is 0 Å². The number of carbonyl (C=O) groups excluding carboxylic acids is 1. The van der Waals surface area contributed by atoms with E-state index in [-0.39, 0.29) is 18.1 Å². The van der Waals surface area contributed by atoms with Crippen LogP contribution in [-0.4, -0.2) is 47.9 Å². The molecule has 24 heavy (non-hydrogen) atoms. The van der Waals surface area contributed by atoms with Gasteiger partial charge in [0.05, 0.1) is 31.4 Å². The monoisotopic (exact) mass is 334 g/mol. The molecule has 0 bridgehead atoms. The molecule has 1 aromatic rings. The van der Waals surface area contributed by atoms with Crippen molar-refractivity contribution < 1.29 is 14.6 Å². The van der Waals surface area contributed by atoms with Gasteiger partial charge in [-0.1, -0.05) is 44.2 Å². The number of ether oxygens (including phenoxy) is 1. The van der Waals surface area contributed by atoms with Gasteiger partial charge in [0.15, 0.2) is 0 Å². The molecule has 2 rings (SSSR count). The largest absolute Gasteiger partial charge is 0.393 e. The molecule has 134 valence electrons. The Balaban J connectivity index is 2.08. The summed E-state index contributed by atoms with van der Waals surface area (Å²) in [5.41, 5.74) is 1.12. The summed E-state index contributed by atoms with van der Waals surface area (Å²) in [5, 5.41) is 12.9. The number of rotatable bonds is 6. The predicted octanol–water partition coefficient (Wildman–Crippen LogP) is 2.96. The van der Waals surface area contributed by atoms with Crippen molar-refractivity contribution in [1.82, 2.24) is 10.2 Å². The minimum Gasteiger partial charge on any atom is -0.393 e. The van der Waals surface area contributed by atoms with Crippen molar-refractivity contribution >= 4 is 6.03 Å². The Morgan fingerprint density at radius 3 is 2.67 bits per heavy atom. The van der Waals surface area contributed by atoms with Crippen molar-refractivity contribution in [3.8, 4) is 0 Å². The van der Waals surface area contributed by atoms with Gasteiger partial charge < -0.3 is 20.1 Å². The number of urea groups is 1. The van der Waals surface area contributed by atoms with Crippen LogP contribution in [0.3, 0.4) is 0 Å². The van der Waals surface area contributed by atoms with Crippen LogP contribution < -0.4 is 5.32 Å². The second-order valence-electron chi connectivity index (χ2n) is 7.05. The predicted molar refractivity (Wildman–Crippen MR) is 94.8 cm³/mol. The summed E-state index contributed by atoms with van der Waals surface area (Å²) in [7, 11) is 0. The molecule has 1 heterocycles. The highest BCUT2D eigenvalue weighted by Crippen LogP contribution is 2.22. The van der Waals surface area contributed by atoms with E-state index in [4.69, 9.17) is 4.74 Å². The molecule has 1 fully saturated rings. The van der Waals surface area contributed by atoms with Crippen LogP contribution in [0.4, 0.5) is 4.79 Å². The van der Waals surface area contributed by atoms with Gasteiger partial charge >= 0.3 is 6.03 Å². The zero-order chi connectivity index (χ0) is 17.5. The molecule has 3 atom stereocenters. The highest BCUT2D eigenvalue weighted by atomic mass is 16.5. The minimum atomic E-state index is -0.451. The fourth-order valence-corrected chi connectivity index (χ4v) is 3.18. The maximum Gasteiger partial charge on any atom is 0.318 e. The lowest BCUT2D eigenvalue weighted by atomic mass is 9.97. The van der Waals surface area contributed by atoms with Gasteiger partial charge in [-0.2, -0.15) is 0 Å². The third kappa shape index (κ3) is 5.49. The molecule has 0 spiro atoms. The number of aliphatic hydroxyl groups is 1. The van der Waals surface area contributed by atoms with Gasteiger partial charge in [0.1, 0.15) is 0 Å².